The molecule has 1 aliphatic rings. The molecule has 1 saturated carbocycles. The summed E-state index contributed by atoms with van der Waals surface area (Å²) >= 11 is 0. The predicted octanol–water partition coefficient (Wildman–Crippen LogP) is 4.70. The molecule has 0 bridgehead atoms. The molecule has 3 aromatic rings. The standard InChI is InChI=1S/C26H29F3N4O3/c1-15(2)11-20(24(34)33-25(14-31)7-8-25)32-23(26(27,28)29)16-3-5-18-19-13-17(35-10-9-30)4-6-21(19)36-22(18)12-16/h3-6,12-13,15,20,23,32H,7-11,30H2,1-2H3,(H,33,34)/t20?,23-/m0/s1. The van der Waals surface area contributed by atoms with Gasteiger partial charge in [0.25, 0.3) is 0 Å². The van der Waals surface area contributed by atoms with Gasteiger partial charge in [-0.2, -0.15) is 18.4 Å². The first-order chi connectivity index (χ1) is 17.0. The van der Waals surface area contributed by atoms with E-state index in [-0.39, 0.29) is 17.9 Å². The Morgan fingerprint density at radius 2 is 1.94 bits per heavy atom. The highest BCUT2D eigenvalue weighted by Crippen LogP contribution is 2.38. The number of nitriles is 1. The zero-order valence-corrected chi connectivity index (χ0v) is 20.1. The highest BCUT2D eigenvalue weighted by Gasteiger charge is 2.47. The molecule has 36 heavy (non-hydrogen) atoms. The van der Waals surface area contributed by atoms with Crippen molar-refractivity contribution in [2.45, 2.75) is 56.9 Å². The lowest BCUT2D eigenvalue weighted by Gasteiger charge is -2.29. The van der Waals surface area contributed by atoms with E-state index in [0.717, 1.165) is 0 Å². The Hall–Kier alpha value is -3.29. The minimum absolute atomic E-state index is 0.0482. The fourth-order valence-corrected chi connectivity index (χ4v) is 4.23. The van der Waals surface area contributed by atoms with E-state index in [0.29, 0.717) is 53.7 Å². The molecule has 4 rings (SSSR count). The molecule has 1 fully saturated rings. The Morgan fingerprint density at radius 1 is 1.19 bits per heavy atom. The number of furan rings is 1. The molecule has 0 aliphatic heterocycles. The van der Waals surface area contributed by atoms with E-state index in [4.69, 9.17) is 14.9 Å². The average Bonchev–Trinajstić information content (AvgIpc) is 3.50. The summed E-state index contributed by atoms with van der Waals surface area (Å²) in [7, 11) is 0. The molecule has 1 amide bonds. The SMILES string of the molecule is CC(C)CC(N[C@@H](c1ccc2c(c1)oc1ccc(OCCN)cc12)C(F)(F)F)C(=O)NC1(C#N)CC1. The van der Waals surface area contributed by atoms with Crippen LogP contribution in [0.5, 0.6) is 5.75 Å². The Morgan fingerprint density at radius 3 is 2.56 bits per heavy atom. The number of fused-ring (bicyclic) bond motifs is 3. The van der Waals surface area contributed by atoms with Gasteiger partial charge in [-0.05, 0) is 55.0 Å². The van der Waals surface area contributed by atoms with Gasteiger partial charge in [0.1, 0.15) is 35.1 Å². The van der Waals surface area contributed by atoms with Crippen molar-refractivity contribution in [2.75, 3.05) is 13.2 Å². The fraction of sp³-hybridized carbons (Fsp3) is 0.462. The van der Waals surface area contributed by atoms with Crippen molar-refractivity contribution in [3.63, 3.8) is 0 Å². The van der Waals surface area contributed by atoms with Crippen LogP contribution in [0.2, 0.25) is 0 Å². The number of carbonyl (C=O) groups excluding carboxylic acids is 1. The summed E-state index contributed by atoms with van der Waals surface area (Å²) in [5, 5.41) is 15.8. The van der Waals surface area contributed by atoms with Gasteiger partial charge < -0.3 is 20.2 Å². The maximum absolute atomic E-state index is 14.3. The number of hydrogen-bond acceptors (Lipinski definition) is 6. The highest BCUT2D eigenvalue weighted by atomic mass is 19.4. The summed E-state index contributed by atoms with van der Waals surface area (Å²) in [6.45, 7) is 4.35. The Bertz CT molecular complexity index is 1290. The van der Waals surface area contributed by atoms with Gasteiger partial charge in [-0.3, -0.25) is 10.1 Å². The van der Waals surface area contributed by atoms with Gasteiger partial charge >= 0.3 is 6.18 Å². The van der Waals surface area contributed by atoms with Gasteiger partial charge in [0.2, 0.25) is 5.91 Å². The predicted molar refractivity (Wildman–Crippen MR) is 129 cm³/mol. The summed E-state index contributed by atoms with van der Waals surface area (Å²) in [4.78, 5) is 12.9. The van der Waals surface area contributed by atoms with E-state index in [1.807, 2.05) is 19.9 Å². The second kappa shape index (κ2) is 9.99. The molecular weight excluding hydrogens is 473 g/mol. The molecule has 1 aromatic heterocycles. The molecule has 2 aromatic carbocycles. The number of amides is 1. The lowest BCUT2D eigenvalue weighted by atomic mass is 9.98. The van der Waals surface area contributed by atoms with E-state index in [9.17, 15) is 23.2 Å². The fourth-order valence-electron chi connectivity index (χ4n) is 4.23. The molecule has 7 nitrogen and oxygen atoms in total. The first kappa shape index (κ1) is 25.8. The van der Waals surface area contributed by atoms with Gasteiger partial charge in [0.15, 0.2) is 0 Å². The monoisotopic (exact) mass is 502 g/mol. The number of nitrogens with two attached hydrogens (primary N) is 1. The zero-order chi connectivity index (χ0) is 26.1. The topological polar surface area (TPSA) is 113 Å². The third-order valence-electron chi connectivity index (χ3n) is 6.23. The van der Waals surface area contributed by atoms with Crippen molar-refractivity contribution in [3.05, 3.63) is 42.0 Å². The second-order valence-electron chi connectivity index (χ2n) is 9.66. The molecule has 1 unspecified atom stereocenters. The number of nitrogens with one attached hydrogen (secondary N) is 2. The Balaban J connectivity index is 1.65. The summed E-state index contributed by atoms with van der Waals surface area (Å²) in [6.07, 6.45) is -3.51. The van der Waals surface area contributed by atoms with Crippen LogP contribution in [0.15, 0.2) is 40.8 Å². The van der Waals surface area contributed by atoms with Gasteiger partial charge in [-0.25, -0.2) is 0 Å². The summed E-state index contributed by atoms with van der Waals surface area (Å²) in [6, 6.07) is 8.31. The van der Waals surface area contributed by atoms with E-state index in [1.165, 1.54) is 12.1 Å². The third-order valence-corrected chi connectivity index (χ3v) is 6.23. The van der Waals surface area contributed by atoms with E-state index >= 15 is 0 Å². The lowest BCUT2D eigenvalue weighted by Crippen LogP contribution is -2.52. The number of benzene rings is 2. The van der Waals surface area contributed by atoms with Crippen LogP contribution in [0.1, 0.15) is 44.7 Å². The maximum atomic E-state index is 14.3. The third kappa shape index (κ3) is 5.58. The van der Waals surface area contributed by atoms with Crippen molar-refractivity contribution in [1.29, 1.82) is 5.26 Å². The minimum atomic E-state index is -4.68. The van der Waals surface area contributed by atoms with Crippen molar-refractivity contribution in [3.8, 4) is 11.8 Å². The minimum Gasteiger partial charge on any atom is -0.492 e. The van der Waals surface area contributed by atoms with Crippen LogP contribution in [0.4, 0.5) is 13.2 Å². The quantitative estimate of drug-likeness (QED) is 0.370. The van der Waals surface area contributed by atoms with Crippen LogP contribution >= 0.6 is 0 Å². The summed E-state index contributed by atoms with van der Waals surface area (Å²) < 4.78 is 54.1. The zero-order valence-electron chi connectivity index (χ0n) is 20.1. The average molecular weight is 503 g/mol. The first-order valence-electron chi connectivity index (χ1n) is 11.9. The second-order valence-corrected chi connectivity index (χ2v) is 9.66. The van der Waals surface area contributed by atoms with Crippen LogP contribution in [-0.2, 0) is 4.79 Å². The van der Waals surface area contributed by atoms with Gasteiger partial charge in [-0.15, -0.1) is 0 Å². The van der Waals surface area contributed by atoms with Gasteiger partial charge in [0, 0.05) is 17.3 Å². The lowest BCUT2D eigenvalue weighted by molar-refractivity contribution is -0.161. The van der Waals surface area contributed by atoms with Crippen molar-refractivity contribution < 1.29 is 27.1 Å². The van der Waals surface area contributed by atoms with E-state index in [1.54, 1.807) is 24.3 Å². The Kier molecular flexibility index (Phi) is 7.16. The molecule has 0 saturated heterocycles. The normalized spacial score (nSPS) is 16.6. The van der Waals surface area contributed by atoms with Crippen LogP contribution in [0, 0.1) is 17.2 Å². The number of ether oxygens (including phenoxy) is 1. The number of carbonyl (C=O) groups is 1. The molecule has 2 atom stereocenters. The van der Waals surface area contributed by atoms with Crippen LogP contribution < -0.4 is 21.1 Å². The van der Waals surface area contributed by atoms with Crippen molar-refractivity contribution >= 4 is 27.8 Å². The highest BCUT2D eigenvalue weighted by molar-refractivity contribution is 6.05. The molecule has 10 heteroatoms. The van der Waals surface area contributed by atoms with E-state index in [2.05, 4.69) is 10.6 Å². The van der Waals surface area contributed by atoms with Gasteiger partial charge in [-0.1, -0.05) is 26.0 Å². The number of nitrogens with zero attached hydrogens (tertiary/aromatic N) is 1. The van der Waals surface area contributed by atoms with E-state index < -0.39 is 29.7 Å². The molecule has 192 valence electrons. The molecule has 0 spiro atoms. The maximum Gasteiger partial charge on any atom is 0.407 e. The van der Waals surface area contributed by atoms with Crippen molar-refractivity contribution in [2.24, 2.45) is 11.7 Å². The smallest absolute Gasteiger partial charge is 0.407 e. The largest absolute Gasteiger partial charge is 0.492 e. The first-order valence-corrected chi connectivity index (χ1v) is 11.9. The number of hydrogen-bond donors (Lipinski definition) is 3. The summed E-state index contributed by atoms with van der Waals surface area (Å²) in [5.41, 5.74) is 5.24. The summed E-state index contributed by atoms with van der Waals surface area (Å²) in [5.74, 6) is -0.0670. The molecule has 4 N–H and O–H groups in total. The molecule has 0 radical (unpaired) electrons. The van der Waals surface area contributed by atoms with Crippen LogP contribution in [0.25, 0.3) is 21.9 Å². The molecular formula is C26H29F3N4O3. The number of alkyl halides is 3. The number of rotatable bonds is 10. The van der Waals surface area contributed by atoms with Crippen LogP contribution in [0.3, 0.4) is 0 Å². The number of halogens is 3. The van der Waals surface area contributed by atoms with Crippen molar-refractivity contribution in [1.82, 2.24) is 10.6 Å². The van der Waals surface area contributed by atoms with Crippen LogP contribution in [-0.4, -0.2) is 36.8 Å². The Labute approximate surface area is 206 Å². The molecule has 1 heterocycles. The van der Waals surface area contributed by atoms with Gasteiger partial charge in [0.05, 0.1) is 12.1 Å². The molecule has 1 aliphatic carbocycles.